The van der Waals surface area contributed by atoms with Crippen LogP contribution in [0.2, 0.25) is 15.1 Å². The number of amides is 2. The van der Waals surface area contributed by atoms with E-state index in [1.165, 1.54) is 7.05 Å². The quantitative estimate of drug-likeness (QED) is 0.783. The van der Waals surface area contributed by atoms with E-state index in [2.05, 4.69) is 5.32 Å². The molecule has 0 spiro atoms. The Kier molecular flexibility index (Phi) is 6.04. The van der Waals surface area contributed by atoms with Gasteiger partial charge in [-0.15, -0.1) is 0 Å². The lowest BCUT2D eigenvalue weighted by Gasteiger charge is -2.18. The van der Waals surface area contributed by atoms with E-state index in [4.69, 9.17) is 34.8 Å². The maximum Gasteiger partial charge on any atom is 0.255 e. The van der Waals surface area contributed by atoms with E-state index in [1.54, 1.807) is 24.3 Å². The lowest BCUT2D eigenvalue weighted by molar-refractivity contribution is -0.116. The number of likely N-dealkylation sites (N-methyl/N-ethyl adjacent to an activating group) is 1. The number of nitrogens with zero attached hydrogens (tertiary/aromatic N) is 1. The molecule has 126 valence electrons. The van der Waals surface area contributed by atoms with Crippen molar-refractivity contribution < 1.29 is 14.0 Å². The molecule has 0 unspecified atom stereocenters. The first-order valence-corrected chi connectivity index (χ1v) is 7.86. The van der Waals surface area contributed by atoms with Gasteiger partial charge < -0.3 is 10.2 Å². The highest BCUT2D eigenvalue weighted by atomic mass is 35.5. The number of hydrogen-bond donors (Lipinski definition) is 1. The van der Waals surface area contributed by atoms with Crippen molar-refractivity contribution in [2.45, 2.75) is 0 Å². The zero-order valence-corrected chi connectivity index (χ0v) is 14.7. The Balaban J connectivity index is 2.06. The molecule has 0 saturated heterocycles. The Labute approximate surface area is 153 Å². The topological polar surface area (TPSA) is 49.4 Å². The summed E-state index contributed by atoms with van der Waals surface area (Å²) in [5.41, 5.74) is 0.431. The van der Waals surface area contributed by atoms with Crippen LogP contribution >= 0.6 is 34.8 Å². The minimum Gasteiger partial charge on any atom is -0.332 e. The Morgan fingerprint density at radius 1 is 1.12 bits per heavy atom. The third-order valence-electron chi connectivity index (χ3n) is 3.08. The largest absolute Gasteiger partial charge is 0.332 e. The van der Waals surface area contributed by atoms with E-state index < -0.39 is 17.6 Å². The predicted octanol–water partition coefficient (Wildman–Crippen LogP) is 4.50. The number of halogens is 4. The molecule has 0 aromatic heterocycles. The van der Waals surface area contributed by atoms with Gasteiger partial charge in [0.05, 0.1) is 22.2 Å². The molecule has 2 amide bonds. The minimum atomic E-state index is -0.763. The van der Waals surface area contributed by atoms with Gasteiger partial charge in [0.2, 0.25) is 5.91 Å². The van der Waals surface area contributed by atoms with Crippen molar-refractivity contribution in [1.29, 1.82) is 0 Å². The van der Waals surface area contributed by atoms with Crippen LogP contribution in [0.25, 0.3) is 0 Å². The first-order chi connectivity index (χ1) is 11.3. The second-order valence-corrected chi connectivity index (χ2v) is 6.22. The van der Waals surface area contributed by atoms with Crippen LogP contribution in [-0.2, 0) is 4.79 Å². The van der Waals surface area contributed by atoms with Crippen molar-refractivity contribution in [3.8, 4) is 0 Å². The van der Waals surface area contributed by atoms with Crippen LogP contribution in [0.1, 0.15) is 10.4 Å². The third-order valence-corrected chi connectivity index (χ3v) is 3.91. The summed E-state index contributed by atoms with van der Waals surface area (Å²) in [4.78, 5) is 25.4. The molecule has 4 nitrogen and oxygen atoms in total. The summed E-state index contributed by atoms with van der Waals surface area (Å²) in [6, 6.07) is 8.68. The number of anilines is 1. The zero-order chi connectivity index (χ0) is 17.9. The molecule has 0 atom stereocenters. The van der Waals surface area contributed by atoms with E-state index in [9.17, 15) is 14.0 Å². The molecule has 24 heavy (non-hydrogen) atoms. The fraction of sp³-hybridized carbons (Fsp3) is 0.125. The highest BCUT2D eigenvalue weighted by molar-refractivity contribution is 6.36. The second-order valence-electron chi connectivity index (χ2n) is 4.97. The summed E-state index contributed by atoms with van der Waals surface area (Å²) in [5.74, 6) is -1.79. The molecule has 1 N–H and O–H groups in total. The van der Waals surface area contributed by atoms with Crippen LogP contribution in [0.15, 0.2) is 36.4 Å². The smallest absolute Gasteiger partial charge is 0.255 e. The van der Waals surface area contributed by atoms with Gasteiger partial charge in [-0.05, 0) is 30.3 Å². The lowest BCUT2D eigenvalue weighted by atomic mass is 10.2. The average Bonchev–Trinajstić information content (AvgIpc) is 2.50. The van der Waals surface area contributed by atoms with E-state index in [0.717, 1.165) is 17.0 Å². The summed E-state index contributed by atoms with van der Waals surface area (Å²) in [5, 5.41) is 2.91. The van der Waals surface area contributed by atoms with Gasteiger partial charge >= 0.3 is 0 Å². The van der Waals surface area contributed by atoms with Gasteiger partial charge in [-0.3, -0.25) is 9.59 Å². The highest BCUT2D eigenvalue weighted by Crippen LogP contribution is 2.25. The highest BCUT2D eigenvalue weighted by Gasteiger charge is 2.19. The molecule has 0 fully saturated rings. The summed E-state index contributed by atoms with van der Waals surface area (Å²) in [6.07, 6.45) is 0. The molecule has 2 aromatic rings. The number of carbonyl (C=O) groups excluding carboxylic acids is 2. The number of carbonyl (C=O) groups is 2. The second kappa shape index (κ2) is 7.83. The standard InChI is InChI=1S/C16H12Cl3FN2O2/c1-22(8-15(23)21-10-4-2-3-9(17)5-10)16(24)11-6-14(20)13(19)7-12(11)18/h2-7H,8H2,1H3,(H,21,23). The van der Waals surface area contributed by atoms with Crippen molar-refractivity contribution in [1.82, 2.24) is 4.90 Å². The van der Waals surface area contributed by atoms with Crippen molar-refractivity contribution in [3.05, 3.63) is 62.8 Å². The fourth-order valence-corrected chi connectivity index (χ4v) is 2.60. The Bertz CT molecular complexity index is 799. The third kappa shape index (κ3) is 4.60. The van der Waals surface area contributed by atoms with Gasteiger partial charge in [0, 0.05) is 17.8 Å². The normalized spacial score (nSPS) is 10.4. The van der Waals surface area contributed by atoms with E-state index in [0.29, 0.717) is 10.7 Å². The first kappa shape index (κ1) is 18.5. The first-order valence-electron chi connectivity index (χ1n) is 6.73. The monoisotopic (exact) mass is 388 g/mol. The molecule has 0 heterocycles. The number of hydrogen-bond acceptors (Lipinski definition) is 2. The number of nitrogens with one attached hydrogen (secondary N) is 1. The average molecular weight is 390 g/mol. The van der Waals surface area contributed by atoms with E-state index in [1.807, 2.05) is 0 Å². The molecule has 0 radical (unpaired) electrons. The summed E-state index contributed by atoms with van der Waals surface area (Å²) >= 11 is 17.3. The molecule has 2 rings (SSSR count). The minimum absolute atomic E-state index is 0.00787. The van der Waals surface area contributed by atoms with Crippen LogP contribution in [0, 0.1) is 5.82 Å². The molecular weight excluding hydrogens is 378 g/mol. The SMILES string of the molecule is CN(CC(=O)Nc1cccc(Cl)c1)C(=O)c1cc(F)c(Cl)cc1Cl. The van der Waals surface area contributed by atoms with Crippen LogP contribution < -0.4 is 5.32 Å². The molecular formula is C16H12Cl3FN2O2. The Morgan fingerprint density at radius 2 is 1.83 bits per heavy atom. The zero-order valence-electron chi connectivity index (χ0n) is 12.4. The molecule has 0 bridgehead atoms. The molecule has 2 aromatic carbocycles. The van der Waals surface area contributed by atoms with Gasteiger partial charge in [0.25, 0.3) is 5.91 Å². The van der Waals surface area contributed by atoms with Gasteiger partial charge in [-0.1, -0.05) is 40.9 Å². The summed E-state index contributed by atoms with van der Waals surface area (Å²) in [6.45, 7) is -0.244. The molecule has 0 saturated carbocycles. The molecule has 8 heteroatoms. The molecule has 0 aliphatic rings. The van der Waals surface area contributed by atoms with E-state index >= 15 is 0 Å². The summed E-state index contributed by atoms with van der Waals surface area (Å²) in [7, 11) is 1.41. The van der Waals surface area contributed by atoms with Crippen LogP contribution in [0.5, 0.6) is 0 Å². The predicted molar refractivity (Wildman–Crippen MR) is 93.5 cm³/mol. The Morgan fingerprint density at radius 3 is 2.50 bits per heavy atom. The maximum atomic E-state index is 13.5. The van der Waals surface area contributed by atoms with Crippen LogP contribution in [-0.4, -0.2) is 30.3 Å². The molecule has 0 aliphatic heterocycles. The molecule has 0 aliphatic carbocycles. The van der Waals surface area contributed by atoms with E-state index in [-0.39, 0.29) is 22.2 Å². The van der Waals surface area contributed by atoms with Crippen LogP contribution in [0.4, 0.5) is 10.1 Å². The van der Waals surface area contributed by atoms with Gasteiger partial charge in [0.1, 0.15) is 5.82 Å². The van der Waals surface area contributed by atoms with Crippen LogP contribution in [0.3, 0.4) is 0 Å². The maximum absolute atomic E-state index is 13.5. The lowest BCUT2D eigenvalue weighted by Crippen LogP contribution is -2.35. The van der Waals surface area contributed by atoms with Crippen molar-refractivity contribution >= 4 is 52.3 Å². The van der Waals surface area contributed by atoms with Gasteiger partial charge in [0.15, 0.2) is 0 Å². The van der Waals surface area contributed by atoms with Crippen molar-refractivity contribution in [2.24, 2.45) is 0 Å². The number of rotatable bonds is 4. The fourth-order valence-electron chi connectivity index (χ4n) is 1.95. The number of benzene rings is 2. The van der Waals surface area contributed by atoms with Crippen molar-refractivity contribution in [2.75, 3.05) is 18.9 Å². The van der Waals surface area contributed by atoms with Gasteiger partial charge in [-0.25, -0.2) is 4.39 Å². The van der Waals surface area contributed by atoms with Crippen molar-refractivity contribution in [3.63, 3.8) is 0 Å². The Hall–Kier alpha value is -1.82. The summed E-state index contributed by atoms with van der Waals surface area (Å²) < 4.78 is 13.5. The van der Waals surface area contributed by atoms with Gasteiger partial charge in [-0.2, -0.15) is 0 Å².